The summed E-state index contributed by atoms with van der Waals surface area (Å²) in [6.07, 6.45) is 3.31. The van der Waals surface area contributed by atoms with Crippen molar-refractivity contribution in [2.24, 2.45) is 0 Å². The van der Waals surface area contributed by atoms with Gasteiger partial charge in [0.2, 0.25) is 0 Å². The van der Waals surface area contributed by atoms with Crippen LogP contribution >= 0.6 is 11.3 Å². The molecule has 1 aliphatic rings. The third kappa shape index (κ3) is 3.47. The summed E-state index contributed by atoms with van der Waals surface area (Å²) in [4.78, 5) is 32.4. The summed E-state index contributed by atoms with van der Waals surface area (Å²) in [7, 11) is 0. The van der Waals surface area contributed by atoms with Gasteiger partial charge in [-0.15, -0.1) is 11.3 Å². The molecule has 1 fully saturated rings. The van der Waals surface area contributed by atoms with Crippen LogP contribution in [0.1, 0.15) is 33.2 Å². The van der Waals surface area contributed by atoms with Crippen molar-refractivity contribution in [3.8, 4) is 0 Å². The minimum atomic E-state index is -0.657. The molecule has 29 heavy (non-hydrogen) atoms. The molecule has 1 N–H and O–H groups in total. The molecule has 5 nitrogen and oxygen atoms in total. The van der Waals surface area contributed by atoms with Crippen LogP contribution in [0, 0.1) is 13.8 Å². The molecule has 1 saturated heterocycles. The van der Waals surface area contributed by atoms with Gasteiger partial charge in [0, 0.05) is 29.4 Å². The highest BCUT2D eigenvalue weighted by Crippen LogP contribution is 2.43. The molecular formula is C23H20N2O3S. The topological polar surface area (TPSA) is 70.5 Å². The Hall–Kier alpha value is -3.25. The molecule has 0 spiro atoms. The zero-order chi connectivity index (χ0) is 20.5. The van der Waals surface area contributed by atoms with Crippen molar-refractivity contribution in [1.29, 1.82) is 0 Å². The van der Waals surface area contributed by atoms with Crippen LogP contribution in [0.3, 0.4) is 0 Å². The van der Waals surface area contributed by atoms with E-state index in [2.05, 4.69) is 4.98 Å². The van der Waals surface area contributed by atoms with Crippen molar-refractivity contribution in [3.63, 3.8) is 0 Å². The first kappa shape index (κ1) is 19.1. The normalized spacial score (nSPS) is 18.4. The lowest BCUT2D eigenvalue weighted by molar-refractivity contribution is -0.140. The second kappa shape index (κ2) is 7.64. The van der Waals surface area contributed by atoms with Crippen LogP contribution in [0.15, 0.2) is 65.8 Å². The number of ketones is 1. The zero-order valence-corrected chi connectivity index (χ0v) is 16.9. The molecular weight excluding hydrogens is 384 g/mol. The third-order valence-electron chi connectivity index (χ3n) is 5.12. The maximum Gasteiger partial charge on any atom is 0.295 e. The van der Waals surface area contributed by atoms with E-state index in [1.165, 1.54) is 16.2 Å². The van der Waals surface area contributed by atoms with Crippen LogP contribution < -0.4 is 0 Å². The third-order valence-corrected chi connectivity index (χ3v) is 6.19. The van der Waals surface area contributed by atoms with Gasteiger partial charge in [-0.1, -0.05) is 29.8 Å². The van der Waals surface area contributed by atoms with Gasteiger partial charge in [-0.05, 0) is 48.6 Å². The van der Waals surface area contributed by atoms with Gasteiger partial charge in [-0.25, -0.2) is 0 Å². The molecule has 2 aromatic heterocycles. The minimum Gasteiger partial charge on any atom is -0.507 e. The van der Waals surface area contributed by atoms with Gasteiger partial charge >= 0.3 is 0 Å². The van der Waals surface area contributed by atoms with Gasteiger partial charge in [0.1, 0.15) is 11.8 Å². The average Bonchev–Trinajstić information content (AvgIpc) is 3.25. The molecule has 1 unspecified atom stereocenters. The molecule has 0 saturated carbocycles. The maximum atomic E-state index is 13.0. The Morgan fingerprint density at radius 3 is 2.38 bits per heavy atom. The number of carbonyl (C=O) groups excluding carboxylic acids is 2. The Morgan fingerprint density at radius 2 is 1.76 bits per heavy atom. The van der Waals surface area contributed by atoms with E-state index in [-0.39, 0.29) is 17.9 Å². The monoisotopic (exact) mass is 404 g/mol. The number of aliphatic hydroxyl groups is 1. The highest BCUT2D eigenvalue weighted by molar-refractivity contribution is 7.10. The number of aliphatic hydroxyl groups excluding tert-OH is 1. The van der Waals surface area contributed by atoms with Gasteiger partial charge in [0.25, 0.3) is 11.7 Å². The van der Waals surface area contributed by atoms with Crippen LogP contribution in [0.2, 0.25) is 0 Å². The lowest BCUT2D eigenvalue weighted by Gasteiger charge is -2.25. The number of aryl methyl sites for hydroxylation is 2. The Morgan fingerprint density at radius 1 is 1.07 bits per heavy atom. The number of nitrogens with zero attached hydrogens (tertiary/aromatic N) is 2. The number of carbonyl (C=O) groups is 2. The Kier molecular flexibility index (Phi) is 5.03. The summed E-state index contributed by atoms with van der Waals surface area (Å²) in [5, 5.41) is 13.0. The van der Waals surface area contributed by atoms with Gasteiger partial charge in [0.15, 0.2) is 0 Å². The lowest BCUT2D eigenvalue weighted by Crippen LogP contribution is -2.29. The van der Waals surface area contributed by atoms with E-state index in [1.54, 1.807) is 24.5 Å². The highest BCUT2D eigenvalue weighted by atomic mass is 32.1. The van der Waals surface area contributed by atoms with E-state index in [9.17, 15) is 14.7 Å². The maximum absolute atomic E-state index is 13.0. The summed E-state index contributed by atoms with van der Waals surface area (Å²) >= 11 is 1.48. The lowest BCUT2D eigenvalue weighted by atomic mass is 9.98. The first-order chi connectivity index (χ1) is 14.0. The quantitative estimate of drug-likeness (QED) is 0.398. The predicted molar refractivity (Wildman–Crippen MR) is 112 cm³/mol. The largest absolute Gasteiger partial charge is 0.507 e. The predicted octanol–water partition coefficient (Wildman–Crippen LogP) is 4.38. The summed E-state index contributed by atoms with van der Waals surface area (Å²) in [5.41, 5.74) is 3.56. The molecule has 1 amide bonds. The van der Waals surface area contributed by atoms with E-state index in [0.29, 0.717) is 5.56 Å². The van der Waals surface area contributed by atoms with E-state index >= 15 is 0 Å². The second-order valence-corrected chi connectivity index (χ2v) is 8.06. The van der Waals surface area contributed by atoms with Crippen molar-refractivity contribution >= 4 is 28.8 Å². The summed E-state index contributed by atoms with van der Waals surface area (Å²) in [6, 6.07) is 12.2. The number of hydrogen-bond donors (Lipinski definition) is 1. The van der Waals surface area contributed by atoms with Crippen molar-refractivity contribution < 1.29 is 14.7 Å². The number of Topliss-reactive ketones (excluding diaryl/α,β-unsaturated/α-hetero) is 1. The fourth-order valence-electron chi connectivity index (χ4n) is 3.53. The van der Waals surface area contributed by atoms with Gasteiger partial charge in [0.05, 0.1) is 5.57 Å². The first-order valence-corrected chi connectivity index (χ1v) is 10.1. The smallest absolute Gasteiger partial charge is 0.295 e. The summed E-state index contributed by atoms with van der Waals surface area (Å²) in [5.74, 6) is -1.40. The fraction of sp³-hybridized carbons (Fsp3) is 0.174. The molecule has 1 aromatic carbocycles. The second-order valence-electron chi connectivity index (χ2n) is 7.12. The number of hydrogen-bond acceptors (Lipinski definition) is 5. The zero-order valence-electron chi connectivity index (χ0n) is 16.1. The van der Waals surface area contributed by atoms with E-state index < -0.39 is 17.7 Å². The van der Waals surface area contributed by atoms with Crippen LogP contribution in [-0.2, 0) is 16.1 Å². The van der Waals surface area contributed by atoms with Crippen molar-refractivity contribution in [1.82, 2.24) is 9.88 Å². The number of thiophene rings is 1. The average molecular weight is 404 g/mol. The molecule has 146 valence electrons. The molecule has 0 aliphatic carbocycles. The Bertz CT molecular complexity index is 1100. The summed E-state index contributed by atoms with van der Waals surface area (Å²) < 4.78 is 0. The van der Waals surface area contributed by atoms with E-state index in [0.717, 1.165) is 21.6 Å². The van der Waals surface area contributed by atoms with Crippen LogP contribution in [-0.4, -0.2) is 26.7 Å². The van der Waals surface area contributed by atoms with Crippen LogP contribution in [0.25, 0.3) is 5.76 Å². The molecule has 0 bridgehead atoms. The van der Waals surface area contributed by atoms with Crippen molar-refractivity contribution in [2.45, 2.75) is 26.4 Å². The van der Waals surface area contributed by atoms with E-state index in [1.807, 2.05) is 49.6 Å². The number of amides is 1. The molecule has 0 radical (unpaired) electrons. The molecule has 3 heterocycles. The Labute approximate surface area is 173 Å². The number of likely N-dealkylation sites (tertiary alicyclic amines) is 1. The molecule has 1 atom stereocenters. The number of pyridine rings is 1. The fourth-order valence-corrected chi connectivity index (χ4v) is 4.58. The SMILES string of the molecule is Cc1ccc(/C(O)=C2/C(=O)C(=O)N(Cc3ccncc3)C2c2sccc2C)cc1. The number of rotatable bonds is 4. The molecule has 6 heteroatoms. The van der Waals surface area contributed by atoms with Gasteiger partial charge in [-0.3, -0.25) is 14.6 Å². The van der Waals surface area contributed by atoms with Crippen LogP contribution in [0.4, 0.5) is 0 Å². The Balaban J connectivity index is 1.86. The molecule has 3 aromatic rings. The highest BCUT2D eigenvalue weighted by Gasteiger charge is 2.47. The van der Waals surface area contributed by atoms with Gasteiger partial charge < -0.3 is 10.0 Å². The standard InChI is InChI=1S/C23H20N2O3S/c1-14-3-5-17(6-4-14)20(26)18-19(22-15(2)9-12-29-22)25(23(28)21(18)27)13-16-7-10-24-11-8-16/h3-12,19,26H,13H2,1-2H3/b20-18-. The molecule has 1 aliphatic heterocycles. The van der Waals surface area contributed by atoms with Crippen LogP contribution in [0.5, 0.6) is 0 Å². The van der Waals surface area contributed by atoms with Gasteiger partial charge in [-0.2, -0.15) is 0 Å². The number of aromatic nitrogens is 1. The first-order valence-electron chi connectivity index (χ1n) is 9.25. The van der Waals surface area contributed by atoms with Crippen molar-refractivity contribution in [2.75, 3.05) is 0 Å². The molecule has 4 rings (SSSR count). The van der Waals surface area contributed by atoms with Crippen molar-refractivity contribution in [3.05, 3.63) is 92.9 Å². The minimum absolute atomic E-state index is 0.137. The summed E-state index contributed by atoms with van der Waals surface area (Å²) in [6.45, 7) is 4.16. The van der Waals surface area contributed by atoms with E-state index in [4.69, 9.17) is 0 Å². The number of benzene rings is 1.